The Morgan fingerprint density at radius 2 is 2.21 bits per heavy atom. The molecule has 1 amide bonds. The Morgan fingerprint density at radius 1 is 1.36 bits per heavy atom. The summed E-state index contributed by atoms with van der Waals surface area (Å²) < 4.78 is 27.7. The van der Waals surface area contributed by atoms with Crippen molar-refractivity contribution in [3.8, 4) is 0 Å². The van der Waals surface area contributed by atoms with E-state index in [1.807, 2.05) is 17.6 Å². The van der Waals surface area contributed by atoms with Gasteiger partial charge >= 0.3 is 6.09 Å². The van der Waals surface area contributed by atoms with Crippen LogP contribution in [0.4, 0.5) is 20.8 Å². The van der Waals surface area contributed by atoms with Crippen LogP contribution in [0, 0.1) is 0 Å². The number of amides is 1. The third-order valence-electron chi connectivity index (χ3n) is 6.72. The van der Waals surface area contributed by atoms with E-state index in [1.165, 1.54) is 5.56 Å². The van der Waals surface area contributed by atoms with Crippen LogP contribution >= 0.6 is 0 Å². The molecule has 0 spiro atoms. The van der Waals surface area contributed by atoms with Crippen LogP contribution in [0.25, 0.3) is 5.52 Å². The molecule has 174 valence electrons. The zero-order valence-electron chi connectivity index (χ0n) is 18.3. The number of aromatic amines is 1. The van der Waals surface area contributed by atoms with Gasteiger partial charge < -0.3 is 20.1 Å². The number of nitrogens with one attached hydrogen (secondary N) is 3. The second kappa shape index (κ2) is 7.68. The highest BCUT2D eigenvalue weighted by Gasteiger charge is 2.44. The number of aryl methyl sites for hydroxylation is 2. The summed E-state index contributed by atoms with van der Waals surface area (Å²) in [6, 6.07) is 1.69. The molecule has 2 aliphatic carbocycles. The molecule has 3 aromatic rings. The average Bonchev–Trinajstić information content (AvgIpc) is 3.13. The van der Waals surface area contributed by atoms with Gasteiger partial charge in [-0.3, -0.25) is 5.10 Å². The summed E-state index contributed by atoms with van der Waals surface area (Å²) in [4.78, 5) is 16.5. The minimum absolute atomic E-state index is 0.0133. The van der Waals surface area contributed by atoms with Crippen molar-refractivity contribution in [2.75, 3.05) is 11.9 Å². The monoisotopic (exact) mass is 455 g/mol. The molecule has 3 aromatic heterocycles. The fraction of sp³-hybridized carbons (Fsp3) is 0.545. The van der Waals surface area contributed by atoms with Crippen molar-refractivity contribution in [1.29, 1.82) is 0 Å². The van der Waals surface area contributed by atoms with E-state index in [1.54, 1.807) is 12.3 Å². The minimum Gasteiger partial charge on any atom is -0.441 e. The molecule has 1 aliphatic heterocycles. The molecule has 0 unspecified atom stereocenters. The molecule has 11 heteroatoms. The lowest BCUT2D eigenvalue weighted by molar-refractivity contribution is 0.0604. The average molecular weight is 455 g/mol. The van der Waals surface area contributed by atoms with Crippen LogP contribution in [0.15, 0.2) is 18.5 Å². The van der Waals surface area contributed by atoms with E-state index in [-0.39, 0.29) is 12.1 Å². The zero-order chi connectivity index (χ0) is 22.6. The molecule has 1 saturated carbocycles. The third kappa shape index (κ3) is 3.79. The van der Waals surface area contributed by atoms with Crippen molar-refractivity contribution in [2.24, 2.45) is 0 Å². The van der Waals surface area contributed by atoms with Gasteiger partial charge in [0.15, 0.2) is 23.9 Å². The minimum atomic E-state index is -1.50. The van der Waals surface area contributed by atoms with Gasteiger partial charge in [0, 0.05) is 29.6 Å². The van der Waals surface area contributed by atoms with Crippen LogP contribution in [0.5, 0.6) is 0 Å². The highest BCUT2D eigenvalue weighted by molar-refractivity contribution is 5.76. The Hall–Kier alpha value is -3.21. The van der Waals surface area contributed by atoms with Gasteiger partial charge in [-0.15, -0.1) is 0 Å². The number of hydrogen-bond acceptors (Lipinski definition) is 7. The van der Waals surface area contributed by atoms with Gasteiger partial charge in [0.2, 0.25) is 0 Å². The lowest BCUT2D eigenvalue weighted by atomic mass is 9.97. The Kier molecular flexibility index (Phi) is 4.75. The van der Waals surface area contributed by atoms with Gasteiger partial charge in [0.1, 0.15) is 11.6 Å². The Balaban J connectivity index is 1.16. The van der Waals surface area contributed by atoms with Crippen LogP contribution in [0.2, 0.25) is 0 Å². The number of rotatable bonds is 5. The number of alkyl carbamates (subject to hydrolysis) is 1. The molecule has 0 bridgehead atoms. The first kappa shape index (κ1) is 20.4. The number of fused-ring (bicyclic) bond motifs is 3. The first-order chi connectivity index (χ1) is 16.0. The van der Waals surface area contributed by atoms with Crippen molar-refractivity contribution in [3.63, 3.8) is 0 Å². The molecule has 3 N–H and O–H groups in total. The highest BCUT2D eigenvalue weighted by Crippen LogP contribution is 2.36. The second-order valence-corrected chi connectivity index (χ2v) is 9.36. The number of anilines is 2. The van der Waals surface area contributed by atoms with Crippen LogP contribution < -0.4 is 10.6 Å². The fourth-order valence-electron chi connectivity index (χ4n) is 4.59. The lowest BCUT2D eigenvalue weighted by Gasteiger charge is -2.17. The molecular weight excluding hydrogens is 429 g/mol. The van der Waals surface area contributed by atoms with Crippen LogP contribution in [-0.2, 0) is 22.3 Å². The lowest BCUT2D eigenvalue weighted by Crippen LogP contribution is -2.39. The largest absolute Gasteiger partial charge is 0.441 e. The first-order valence-electron chi connectivity index (χ1n) is 11.4. The smallest absolute Gasteiger partial charge is 0.408 e. The number of halogens is 1. The van der Waals surface area contributed by atoms with Crippen molar-refractivity contribution in [1.82, 2.24) is 30.1 Å². The molecule has 1 saturated heterocycles. The fourth-order valence-corrected chi connectivity index (χ4v) is 4.59. The maximum absolute atomic E-state index is 15.0. The molecule has 3 aliphatic rings. The molecule has 3 atom stereocenters. The maximum Gasteiger partial charge on any atom is 0.408 e. The summed E-state index contributed by atoms with van der Waals surface area (Å²) in [5.74, 6) is 1.15. The number of aromatic nitrogens is 5. The summed E-state index contributed by atoms with van der Waals surface area (Å²) in [6.45, 7) is 1.92. The van der Waals surface area contributed by atoms with E-state index >= 15 is 4.39 Å². The molecule has 33 heavy (non-hydrogen) atoms. The molecular formula is C22H26FN7O3. The Labute approximate surface area is 189 Å². The van der Waals surface area contributed by atoms with E-state index < -0.39 is 24.5 Å². The molecule has 2 fully saturated rings. The van der Waals surface area contributed by atoms with E-state index in [0.29, 0.717) is 17.3 Å². The number of hydrogen-bond donors (Lipinski definition) is 3. The van der Waals surface area contributed by atoms with Crippen molar-refractivity contribution < 1.29 is 18.7 Å². The second-order valence-electron chi connectivity index (χ2n) is 9.36. The van der Waals surface area contributed by atoms with E-state index in [0.717, 1.165) is 49.7 Å². The molecule has 10 nitrogen and oxygen atoms in total. The van der Waals surface area contributed by atoms with Gasteiger partial charge in [-0.25, -0.2) is 18.7 Å². The first-order valence-corrected chi connectivity index (χ1v) is 11.4. The molecule has 6 rings (SSSR count). The van der Waals surface area contributed by atoms with Gasteiger partial charge in [-0.2, -0.15) is 10.2 Å². The number of H-pyrrole nitrogens is 1. The number of ether oxygens (including phenoxy) is 2. The van der Waals surface area contributed by atoms with Gasteiger partial charge in [0.05, 0.1) is 18.0 Å². The van der Waals surface area contributed by atoms with Crippen molar-refractivity contribution >= 4 is 23.2 Å². The summed E-state index contributed by atoms with van der Waals surface area (Å²) in [6.07, 6.45) is 5.59. The Bertz CT molecular complexity index is 1200. The van der Waals surface area contributed by atoms with E-state index in [2.05, 4.69) is 30.9 Å². The number of nitrogens with zero attached hydrogens (tertiary/aromatic N) is 4. The molecule has 4 heterocycles. The van der Waals surface area contributed by atoms with Gasteiger partial charge in [-0.1, -0.05) is 0 Å². The summed E-state index contributed by atoms with van der Waals surface area (Å²) in [5.41, 5.74) is 3.52. The summed E-state index contributed by atoms with van der Waals surface area (Å²) in [7, 11) is 0. The normalized spacial score (nSPS) is 25.6. The Morgan fingerprint density at radius 3 is 3.06 bits per heavy atom. The molecule has 0 aromatic carbocycles. The highest BCUT2D eigenvalue weighted by atomic mass is 19.1. The predicted molar refractivity (Wildman–Crippen MR) is 116 cm³/mol. The summed E-state index contributed by atoms with van der Waals surface area (Å²) >= 11 is 0. The van der Waals surface area contributed by atoms with Crippen molar-refractivity contribution in [3.05, 3.63) is 35.4 Å². The van der Waals surface area contributed by atoms with Gasteiger partial charge in [-0.05, 0) is 45.4 Å². The standard InChI is InChI=1S/C22H26FN7O3/c1-22(6-7-22)26-21(31)33-15-11-32-19(17(15)23)14-10-16(28-27-14)25-20-18-12-4-2-3-5-13(12)29-30(18)9-8-24-20/h8-10,15,17,19H,2-7,11H2,1H3,(H,26,31)(H2,24,25,27,28)/t15-,17-,19-/m1/s1. The third-order valence-corrected chi connectivity index (χ3v) is 6.72. The SMILES string of the molecule is CC1(NC(=O)O[C@@H]2CO[C@H](c3cc(Nc4nccn5nc6c(c45)CCCC6)n[nH]3)[C@@H]2F)CC1. The topological polar surface area (TPSA) is 118 Å². The van der Waals surface area contributed by atoms with E-state index in [4.69, 9.17) is 9.47 Å². The molecule has 0 radical (unpaired) electrons. The van der Waals surface area contributed by atoms with Crippen LogP contribution in [0.3, 0.4) is 0 Å². The number of alkyl halides is 1. The quantitative estimate of drug-likeness (QED) is 0.541. The predicted octanol–water partition coefficient (Wildman–Crippen LogP) is 3.13. The van der Waals surface area contributed by atoms with Gasteiger partial charge in [0.25, 0.3) is 0 Å². The van der Waals surface area contributed by atoms with Crippen LogP contribution in [0.1, 0.15) is 55.7 Å². The summed E-state index contributed by atoms with van der Waals surface area (Å²) in [5, 5.41) is 17.8. The number of carbonyl (C=O) groups excluding carboxylic acids is 1. The van der Waals surface area contributed by atoms with Crippen LogP contribution in [-0.4, -0.2) is 55.3 Å². The zero-order valence-corrected chi connectivity index (χ0v) is 18.3. The van der Waals surface area contributed by atoms with E-state index in [9.17, 15) is 4.79 Å². The number of carbonyl (C=O) groups is 1. The van der Waals surface area contributed by atoms with Crippen molar-refractivity contribution in [2.45, 2.75) is 69.4 Å². The maximum atomic E-state index is 15.0.